The fourth-order valence-corrected chi connectivity index (χ4v) is 6.08. The van der Waals surface area contributed by atoms with Crippen molar-refractivity contribution in [1.29, 1.82) is 0 Å². The Morgan fingerprint density at radius 1 is 1.21 bits per heavy atom. The van der Waals surface area contributed by atoms with E-state index < -0.39 is 23.8 Å². The molecule has 0 unspecified atom stereocenters. The van der Waals surface area contributed by atoms with Crippen molar-refractivity contribution < 1.29 is 28.9 Å². The summed E-state index contributed by atoms with van der Waals surface area (Å²) in [6, 6.07) is 12.8. The molecule has 224 valence electrons. The Kier molecular flexibility index (Phi) is 9.28. The molecule has 42 heavy (non-hydrogen) atoms. The molecule has 0 spiro atoms. The van der Waals surface area contributed by atoms with Crippen LogP contribution in [0.2, 0.25) is 0 Å². The molecular weight excluding hydrogens is 538 g/mol. The second kappa shape index (κ2) is 13.3. The average Bonchev–Trinajstić information content (AvgIpc) is 3.76. The number of nitrogens with two attached hydrogens (primary N) is 1. The minimum Gasteiger partial charge on any atom is -0.493 e. The number of nitrogens with zero attached hydrogens (tertiary/aromatic N) is 4. The van der Waals surface area contributed by atoms with E-state index in [4.69, 9.17) is 19.9 Å². The molecule has 3 N–H and O–H groups in total. The summed E-state index contributed by atoms with van der Waals surface area (Å²) < 4.78 is 18.6. The summed E-state index contributed by atoms with van der Waals surface area (Å²) >= 11 is 0. The molecule has 3 aromatic rings. The molecule has 0 saturated carbocycles. The summed E-state index contributed by atoms with van der Waals surface area (Å²) in [6.07, 6.45) is 5.86. The maximum absolute atomic E-state index is 14.0. The number of hydrogen-bond acceptors (Lipinski definition) is 8. The topological polar surface area (TPSA) is 132 Å². The third kappa shape index (κ3) is 6.22. The van der Waals surface area contributed by atoms with E-state index in [1.54, 1.807) is 22.9 Å². The highest BCUT2D eigenvalue weighted by Crippen LogP contribution is 2.47. The van der Waals surface area contributed by atoms with Crippen LogP contribution in [0.15, 0.2) is 54.9 Å². The highest BCUT2D eigenvalue weighted by Gasteiger charge is 2.47. The van der Waals surface area contributed by atoms with Gasteiger partial charge in [-0.05, 0) is 54.3 Å². The molecular formula is C31H39N5O6. The third-order valence-electron chi connectivity index (χ3n) is 8.19. The molecule has 2 aliphatic heterocycles. The fraction of sp³-hybridized carbons (Fsp3) is 0.452. The SMILES string of the molecule is CCCCN(C(=O)CN1C[C@H](c2cc(OC)c3c(c2)OCO3)[C@@H](C(=O)O)[C@@H]1CCn1cccn1)c1cccc(CN)c1. The molecule has 3 atom stereocenters. The number of aryl methyl sites for hydroxylation is 1. The number of methoxy groups -OCH3 is 1. The van der Waals surface area contributed by atoms with E-state index >= 15 is 0 Å². The zero-order valence-corrected chi connectivity index (χ0v) is 24.1. The van der Waals surface area contributed by atoms with Crippen molar-refractivity contribution in [2.75, 3.05) is 38.4 Å². The van der Waals surface area contributed by atoms with Gasteiger partial charge in [-0.3, -0.25) is 19.2 Å². The van der Waals surface area contributed by atoms with Gasteiger partial charge in [0.2, 0.25) is 18.4 Å². The Bertz CT molecular complexity index is 1380. The van der Waals surface area contributed by atoms with Gasteiger partial charge in [-0.2, -0.15) is 5.10 Å². The Balaban J connectivity index is 1.47. The molecule has 0 bridgehead atoms. The van der Waals surface area contributed by atoms with Gasteiger partial charge in [0.05, 0.1) is 19.6 Å². The molecule has 2 aliphatic rings. The number of carbonyl (C=O) groups is 2. The number of carboxylic acids is 1. The highest BCUT2D eigenvalue weighted by atomic mass is 16.7. The van der Waals surface area contributed by atoms with Crippen molar-refractivity contribution in [2.45, 2.75) is 51.2 Å². The predicted octanol–water partition coefficient (Wildman–Crippen LogP) is 3.47. The second-order valence-corrected chi connectivity index (χ2v) is 10.8. The summed E-state index contributed by atoms with van der Waals surface area (Å²) in [4.78, 5) is 30.7. The smallest absolute Gasteiger partial charge is 0.308 e. The van der Waals surface area contributed by atoms with Gasteiger partial charge in [-0.1, -0.05) is 25.5 Å². The third-order valence-corrected chi connectivity index (χ3v) is 8.19. The van der Waals surface area contributed by atoms with Crippen LogP contribution in [-0.4, -0.2) is 71.2 Å². The average molecular weight is 578 g/mol. The second-order valence-electron chi connectivity index (χ2n) is 10.8. The molecule has 3 heterocycles. The largest absolute Gasteiger partial charge is 0.493 e. The molecule has 1 aromatic heterocycles. The van der Waals surface area contributed by atoms with E-state index in [2.05, 4.69) is 12.0 Å². The summed E-state index contributed by atoms with van der Waals surface area (Å²) in [6.45, 7) is 4.12. The van der Waals surface area contributed by atoms with Crippen LogP contribution in [-0.2, 0) is 22.7 Å². The number of likely N-dealkylation sites (tertiary alicyclic amines) is 1. The van der Waals surface area contributed by atoms with Gasteiger partial charge in [-0.15, -0.1) is 0 Å². The number of hydrogen-bond donors (Lipinski definition) is 2. The van der Waals surface area contributed by atoms with Gasteiger partial charge in [-0.25, -0.2) is 0 Å². The van der Waals surface area contributed by atoms with Gasteiger partial charge < -0.3 is 30.0 Å². The van der Waals surface area contributed by atoms with Crippen LogP contribution in [0.4, 0.5) is 5.69 Å². The van der Waals surface area contributed by atoms with Crippen LogP contribution >= 0.6 is 0 Å². The van der Waals surface area contributed by atoms with E-state index in [-0.39, 0.29) is 19.2 Å². The maximum atomic E-state index is 14.0. The van der Waals surface area contributed by atoms with Crippen molar-refractivity contribution in [2.24, 2.45) is 11.7 Å². The fourth-order valence-electron chi connectivity index (χ4n) is 6.08. The summed E-state index contributed by atoms with van der Waals surface area (Å²) in [5, 5.41) is 14.9. The molecule has 1 saturated heterocycles. The molecule has 0 radical (unpaired) electrons. The summed E-state index contributed by atoms with van der Waals surface area (Å²) in [5.41, 5.74) is 8.41. The first kappa shape index (κ1) is 29.4. The van der Waals surface area contributed by atoms with Crippen LogP contribution in [0, 0.1) is 5.92 Å². The van der Waals surface area contributed by atoms with Crippen molar-refractivity contribution in [3.8, 4) is 17.2 Å². The van der Waals surface area contributed by atoms with Gasteiger partial charge in [0, 0.05) is 56.2 Å². The maximum Gasteiger partial charge on any atom is 0.308 e. The first-order valence-corrected chi connectivity index (χ1v) is 14.4. The Morgan fingerprint density at radius 2 is 2.07 bits per heavy atom. The van der Waals surface area contributed by atoms with Gasteiger partial charge in [0.1, 0.15) is 0 Å². The molecule has 0 aliphatic carbocycles. The quantitative estimate of drug-likeness (QED) is 0.313. The number of fused-ring (bicyclic) bond motifs is 1. The van der Waals surface area contributed by atoms with Crippen LogP contribution < -0.4 is 24.8 Å². The number of carboxylic acid groups (broad SMARTS) is 1. The van der Waals surface area contributed by atoms with Crippen LogP contribution in [0.25, 0.3) is 0 Å². The number of benzene rings is 2. The molecule has 1 amide bonds. The number of anilines is 1. The summed E-state index contributed by atoms with van der Waals surface area (Å²) in [7, 11) is 1.55. The first-order chi connectivity index (χ1) is 20.4. The minimum absolute atomic E-state index is 0.0743. The van der Waals surface area contributed by atoms with E-state index in [9.17, 15) is 14.7 Å². The Morgan fingerprint density at radius 3 is 2.79 bits per heavy atom. The van der Waals surface area contributed by atoms with Gasteiger partial charge >= 0.3 is 5.97 Å². The molecule has 2 aromatic carbocycles. The lowest BCUT2D eigenvalue weighted by atomic mass is 9.84. The number of rotatable bonds is 13. The van der Waals surface area contributed by atoms with Crippen LogP contribution in [0.5, 0.6) is 17.2 Å². The lowest BCUT2D eigenvalue weighted by Gasteiger charge is -2.30. The van der Waals surface area contributed by atoms with Crippen molar-refractivity contribution in [3.63, 3.8) is 0 Å². The zero-order chi connectivity index (χ0) is 29.6. The standard InChI is InChI=1S/C31H39N5O6/c1-3-4-12-36(23-8-5-7-21(14-23)17-32)28(37)19-34-18-24(22-15-26(40-2)30-27(16-22)41-20-42-30)29(31(38)39)25(34)9-13-35-11-6-10-33-35/h5-8,10-11,14-16,24-25,29H,3-4,9,12-13,17-20,32H2,1-2H3,(H,38,39)/t24-,25+,29-/m1/s1. The molecule has 5 rings (SSSR count). The Labute approximate surface area is 245 Å². The van der Waals surface area contributed by atoms with Crippen molar-refractivity contribution in [3.05, 3.63) is 66.0 Å². The number of unbranched alkanes of at least 4 members (excludes halogenated alkanes) is 1. The number of aliphatic carboxylic acids is 1. The summed E-state index contributed by atoms with van der Waals surface area (Å²) in [5.74, 6) is -0.599. The Hall–Kier alpha value is -4.09. The lowest BCUT2D eigenvalue weighted by molar-refractivity contribution is -0.143. The molecule has 11 nitrogen and oxygen atoms in total. The van der Waals surface area contributed by atoms with E-state index in [1.807, 2.05) is 53.6 Å². The lowest BCUT2D eigenvalue weighted by Crippen LogP contribution is -2.45. The normalized spacial score (nSPS) is 19.6. The molecule has 11 heteroatoms. The van der Waals surface area contributed by atoms with Gasteiger partial charge in [0.25, 0.3) is 0 Å². The first-order valence-electron chi connectivity index (χ1n) is 14.4. The van der Waals surface area contributed by atoms with E-state index in [0.29, 0.717) is 49.8 Å². The number of carbonyl (C=O) groups excluding carboxylic acids is 1. The van der Waals surface area contributed by atoms with Gasteiger partial charge in [0.15, 0.2) is 11.5 Å². The van der Waals surface area contributed by atoms with Crippen LogP contribution in [0.3, 0.4) is 0 Å². The minimum atomic E-state index is -0.907. The predicted molar refractivity (Wildman–Crippen MR) is 157 cm³/mol. The zero-order valence-electron chi connectivity index (χ0n) is 24.1. The van der Waals surface area contributed by atoms with E-state index in [0.717, 1.165) is 29.7 Å². The number of amides is 1. The van der Waals surface area contributed by atoms with Crippen molar-refractivity contribution >= 4 is 17.6 Å². The highest BCUT2D eigenvalue weighted by molar-refractivity contribution is 5.95. The van der Waals surface area contributed by atoms with Crippen molar-refractivity contribution in [1.82, 2.24) is 14.7 Å². The number of ether oxygens (including phenoxy) is 3. The monoisotopic (exact) mass is 577 g/mol. The number of aromatic nitrogens is 2. The molecule has 1 fully saturated rings. The van der Waals surface area contributed by atoms with E-state index in [1.165, 1.54) is 0 Å². The van der Waals surface area contributed by atoms with Crippen LogP contribution in [0.1, 0.15) is 43.2 Å².